The van der Waals surface area contributed by atoms with Crippen molar-refractivity contribution in [2.45, 2.75) is 33.2 Å². The Labute approximate surface area is 132 Å². The minimum Gasteiger partial charge on any atom is -0.469 e. The summed E-state index contributed by atoms with van der Waals surface area (Å²) in [5.41, 5.74) is 2.49. The van der Waals surface area contributed by atoms with E-state index >= 15 is 0 Å². The first kappa shape index (κ1) is 16.1. The zero-order chi connectivity index (χ0) is 15.6. The molecule has 0 spiro atoms. The first-order chi connectivity index (χ1) is 10.8. The lowest BCUT2D eigenvalue weighted by atomic mass is 10.1. The van der Waals surface area contributed by atoms with E-state index in [0.717, 1.165) is 37.7 Å². The Bertz CT molecular complexity index is 576. The molecule has 0 aliphatic heterocycles. The lowest BCUT2D eigenvalue weighted by molar-refractivity contribution is 0.506. The molecule has 1 heterocycles. The number of aryl methyl sites for hydroxylation is 1. The third kappa shape index (κ3) is 5.64. The first-order valence-corrected chi connectivity index (χ1v) is 7.88. The molecule has 2 rings (SSSR count). The summed E-state index contributed by atoms with van der Waals surface area (Å²) < 4.78 is 5.34. The van der Waals surface area contributed by atoms with Crippen molar-refractivity contribution in [1.29, 1.82) is 0 Å². The lowest BCUT2D eigenvalue weighted by Gasteiger charge is -2.11. The molecule has 0 fully saturated rings. The van der Waals surface area contributed by atoms with E-state index in [1.54, 1.807) is 6.26 Å². The Morgan fingerprint density at radius 2 is 2.00 bits per heavy atom. The number of nitrogens with zero attached hydrogens (tertiary/aromatic N) is 1. The number of furan rings is 1. The summed E-state index contributed by atoms with van der Waals surface area (Å²) >= 11 is 0. The highest BCUT2D eigenvalue weighted by molar-refractivity contribution is 5.79. The normalized spacial score (nSPS) is 11.5. The Balaban J connectivity index is 1.88. The lowest BCUT2D eigenvalue weighted by Crippen LogP contribution is -2.38. The Hall–Kier alpha value is -2.23. The zero-order valence-electron chi connectivity index (χ0n) is 13.4. The molecular weight excluding hydrogens is 274 g/mol. The van der Waals surface area contributed by atoms with Crippen molar-refractivity contribution < 1.29 is 4.42 Å². The zero-order valence-corrected chi connectivity index (χ0v) is 13.4. The van der Waals surface area contributed by atoms with Crippen molar-refractivity contribution in [3.63, 3.8) is 0 Å². The van der Waals surface area contributed by atoms with Gasteiger partial charge in [0.25, 0.3) is 0 Å². The molecular formula is C18H25N3O. The second-order valence-electron chi connectivity index (χ2n) is 5.34. The second kappa shape index (κ2) is 8.93. The fourth-order valence-corrected chi connectivity index (χ4v) is 2.16. The van der Waals surface area contributed by atoms with Gasteiger partial charge in [0, 0.05) is 19.5 Å². The number of hydrogen-bond acceptors (Lipinski definition) is 2. The van der Waals surface area contributed by atoms with Crippen molar-refractivity contribution in [2.24, 2.45) is 4.99 Å². The predicted molar refractivity (Wildman–Crippen MR) is 91.0 cm³/mol. The average molecular weight is 299 g/mol. The van der Waals surface area contributed by atoms with Gasteiger partial charge in [0.05, 0.1) is 12.8 Å². The molecule has 1 aromatic carbocycles. The number of rotatable bonds is 7. The maximum absolute atomic E-state index is 5.34. The van der Waals surface area contributed by atoms with Crippen molar-refractivity contribution in [3.05, 3.63) is 59.5 Å². The SMILES string of the molecule is CCCNC(=NCc1cccc(C)c1)NCCc1ccco1. The van der Waals surface area contributed by atoms with E-state index in [1.165, 1.54) is 11.1 Å². The van der Waals surface area contributed by atoms with Crippen LogP contribution in [-0.4, -0.2) is 19.0 Å². The van der Waals surface area contributed by atoms with E-state index in [0.29, 0.717) is 6.54 Å². The van der Waals surface area contributed by atoms with Gasteiger partial charge in [-0.25, -0.2) is 4.99 Å². The van der Waals surface area contributed by atoms with Gasteiger partial charge >= 0.3 is 0 Å². The number of nitrogens with one attached hydrogen (secondary N) is 2. The van der Waals surface area contributed by atoms with Crippen LogP contribution in [0.2, 0.25) is 0 Å². The van der Waals surface area contributed by atoms with Gasteiger partial charge in [0.15, 0.2) is 5.96 Å². The van der Waals surface area contributed by atoms with Crippen molar-refractivity contribution in [3.8, 4) is 0 Å². The van der Waals surface area contributed by atoms with Crippen LogP contribution in [0, 0.1) is 6.92 Å². The van der Waals surface area contributed by atoms with Crippen molar-refractivity contribution in [1.82, 2.24) is 10.6 Å². The molecule has 0 bridgehead atoms. The molecule has 4 nitrogen and oxygen atoms in total. The molecule has 2 aromatic rings. The van der Waals surface area contributed by atoms with E-state index in [1.807, 2.05) is 12.1 Å². The largest absolute Gasteiger partial charge is 0.469 e. The van der Waals surface area contributed by atoms with Gasteiger partial charge in [-0.15, -0.1) is 0 Å². The molecule has 22 heavy (non-hydrogen) atoms. The summed E-state index contributed by atoms with van der Waals surface area (Å²) in [6.45, 7) is 6.65. The molecule has 4 heteroatoms. The summed E-state index contributed by atoms with van der Waals surface area (Å²) in [6, 6.07) is 12.4. The van der Waals surface area contributed by atoms with Crippen LogP contribution >= 0.6 is 0 Å². The van der Waals surface area contributed by atoms with Crippen LogP contribution in [0.15, 0.2) is 52.1 Å². The Morgan fingerprint density at radius 3 is 2.73 bits per heavy atom. The summed E-state index contributed by atoms with van der Waals surface area (Å²) in [5.74, 6) is 1.84. The molecule has 0 amide bonds. The summed E-state index contributed by atoms with van der Waals surface area (Å²) in [6.07, 6.45) is 3.63. The van der Waals surface area contributed by atoms with Crippen LogP contribution in [0.5, 0.6) is 0 Å². The van der Waals surface area contributed by atoms with E-state index in [4.69, 9.17) is 4.42 Å². The van der Waals surface area contributed by atoms with E-state index in [9.17, 15) is 0 Å². The van der Waals surface area contributed by atoms with Gasteiger partial charge in [0.1, 0.15) is 5.76 Å². The van der Waals surface area contributed by atoms with Gasteiger partial charge in [0.2, 0.25) is 0 Å². The number of aliphatic imine (C=N–C) groups is 1. The van der Waals surface area contributed by atoms with Crippen LogP contribution in [0.25, 0.3) is 0 Å². The molecule has 0 aliphatic rings. The van der Waals surface area contributed by atoms with Crippen molar-refractivity contribution in [2.75, 3.05) is 13.1 Å². The molecule has 0 atom stereocenters. The second-order valence-corrected chi connectivity index (χ2v) is 5.34. The summed E-state index contributed by atoms with van der Waals surface area (Å²) in [5, 5.41) is 6.70. The summed E-state index contributed by atoms with van der Waals surface area (Å²) in [7, 11) is 0. The van der Waals surface area contributed by atoms with Gasteiger partial charge in [-0.05, 0) is 31.0 Å². The minimum absolute atomic E-state index is 0.682. The minimum atomic E-state index is 0.682. The Morgan fingerprint density at radius 1 is 1.14 bits per heavy atom. The van der Waals surface area contributed by atoms with Crippen LogP contribution in [0.1, 0.15) is 30.2 Å². The molecule has 118 valence electrons. The highest BCUT2D eigenvalue weighted by Crippen LogP contribution is 2.05. The van der Waals surface area contributed by atoms with E-state index in [-0.39, 0.29) is 0 Å². The standard InChI is InChI=1S/C18H25N3O/c1-3-10-19-18(20-11-9-17-8-5-12-22-17)21-14-16-7-4-6-15(2)13-16/h4-8,12-13H,3,9-11,14H2,1-2H3,(H2,19,20,21). The third-order valence-corrected chi connectivity index (χ3v) is 3.29. The smallest absolute Gasteiger partial charge is 0.191 e. The molecule has 0 saturated heterocycles. The topological polar surface area (TPSA) is 49.6 Å². The molecule has 0 aliphatic carbocycles. The quantitative estimate of drug-likeness (QED) is 0.609. The number of benzene rings is 1. The average Bonchev–Trinajstić information content (AvgIpc) is 3.03. The van der Waals surface area contributed by atoms with Crippen LogP contribution in [0.4, 0.5) is 0 Å². The summed E-state index contributed by atoms with van der Waals surface area (Å²) in [4.78, 5) is 4.66. The van der Waals surface area contributed by atoms with Crippen LogP contribution in [-0.2, 0) is 13.0 Å². The number of guanidine groups is 1. The van der Waals surface area contributed by atoms with Crippen molar-refractivity contribution >= 4 is 5.96 Å². The highest BCUT2D eigenvalue weighted by Gasteiger charge is 2.00. The monoisotopic (exact) mass is 299 g/mol. The highest BCUT2D eigenvalue weighted by atomic mass is 16.3. The van der Waals surface area contributed by atoms with E-state index < -0.39 is 0 Å². The molecule has 1 aromatic heterocycles. The third-order valence-electron chi connectivity index (χ3n) is 3.29. The Kier molecular flexibility index (Phi) is 6.55. The molecule has 0 radical (unpaired) electrons. The first-order valence-electron chi connectivity index (χ1n) is 7.88. The maximum Gasteiger partial charge on any atom is 0.191 e. The van der Waals surface area contributed by atoms with Crippen LogP contribution in [0.3, 0.4) is 0 Å². The van der Waals surface area contributed by atoms with Gasteiger partial charge in [-0.2, -0.15) is 0 Å². The fraction of sp³-hybridized carbons (Fsp3) is 0.389. The molecule has 0 saturated carbocycles. The van der Waals surface area contributed by atoms with E-state index in [2.05, 4.69) is 53.7 Å². The predicted octanol–water partition coefficient (Wildman–Crippen LogP) is 3.28. The number of hydrogen-bond donors (Lipinski definition) is 2. The molecule has 2 N–H and O–H groups in total. The molecule has 0 unspecified atom stereocenters. The van der Waals surface area contributed by atoms with Gasteiger partial charge in [-0.1, -0.05) is 36.8 Å². The maximum atomic E-state index is 5.34. The fourth-order valence-electron chi connectivity index (χ4n) is 2.16. The van der Waals surface area contributed by atoms with Gasteiger partial charge in [-0.3, -0.25) is 0 Å². The van der Waals surface area contributed by atoms with Crippen LogP contribution < -0.4 is 10.6 Å². The van der Waals surface area contributed by atoms with Gasteiger partial charge < -0.3 is 15.1 Å².